The molecule has 7 heteroatoms. The Kier molecular flexibility index (Phi) is 5.40. The van der Waals surface area contributed by atoms with Gasteiger partial charge in [0.15, 0.2) is 0 Å². The van der Waals surface area contributed by atoms with Gasteiger partial charge < -0.3 is 0 Å². The number of imide groups is 1. The molecule has 2 aromatic carbocycles. The summed E-state index contributed by atoms with van der Waals surface area (Å²) in [4.78, 5) is 27.0. The van der Waals surface area contributed by atoms with E-state index < -0.39 is 10.0 Å². The SMILES string of the molecule is Cc1ccccc1NS(=O)(=O)c1cc(CN2C(=O)[C@H]3CCCC[C@H]3C2=O)ccc1C. The third kappa shape index (κ3) is 3.74. The van der Waals surface area contributed by atoms with Gasteiger partial charge >= 0.3 is 0 Å². The van der Waals surface area contributed by atoms with Crippen LogP contribution in [0, 0.1) is 25.7 Å². The summed E-state index contributed by atoms with van der Waals surface area (Å²) in [7, 11) is -3.81. The Morgan fingerprint density at radius 1 is 0.933 bits per heavy atom. The number of aryl methyl sites for hydroxylation is 2. The largest absolute Gasteiger partial charge is 0.279 e. The molecule has 0 aromatic heterocycles. The van der Waals surface area contributed by atoms with Crippen molar-refractivity contribution >= 4 is 27.5 Å². The smallest absolute Gasteiger partial charge is 0.262 e. The first kappa shape index (κ1) is 20.6. The van der Waals surface area contributed by atoms with Gasteiger partial charge in [-0.2, -0.15) is 0 Å². The molecule has 30 heavy (non-hydrogen) atoms. The zero-order valence-corrected chi connectivity index (χ0v) is 18.0. The molecule has 0 radical (unpaired) electrons. The number of benzene rings is 2. The lowest BCUT2D eigenvalue weighted by Gasteiger charge is -2.19. The number of hydrogen-bond donors (Lipinski definition) is 1. The van der Waals surface area contributed by atoms with E-state index in [0.717, 1.165) is 31.2 Å². The van der Waals surface area contributed by atoms with Gasteiger partial charge in [-0.25, -0.2) is 8.42 Å². The number of carbonyl (C=O) groups excluding carboxylic acids is 2. The lowest BCUT2D eigenvalue weighted by Crippen LogP contribution is -2.30. The number of rotatable bonds is 5. The number of likely N-dealkylation sites (tertiary alicyclic amines) is 1. The molecule has 0 spiro atoms. The van der Waals surface area contributed by atoms with Crippen LogP contribution in [0.2, 0.25) is 0 Å². The van der Waals surface area contributed by atoms with Crippen molar-refractivity contribution < 1.29 is 18.0 Å². The first-order valence-corrected chi connectivity index (χ1v) is 11.8. The molecule has 0 bridgehead atoms. The van der Waals surface area contributed by atoms with E-state index in [0.29, 0.717) is 16.8 Å². The quantitative estimate of drug-likeness (QED) is 0.738. The Morgan fingerprint density at radius 2 is 1.57 bits per heavy atom. The molecular weight excluding hydrogens is 400 g/mol. The number of anilines is 1. The fourth-order valence-electron chi connectivity index (χ4n) is 4.49. The molecule has 1 heterocycles. The molecule has 2 amide bonds. The van der Waals surface area contributed by atoms with Crippen LogP contribution in [0.15, 0.2) is 47.4 Å². The minimum absolute atomic E-state index is 0.109. The van der Waals surface area contributed by atoms with Gasteiger partial charge in [0.25, 0.3) is 10.0 Å². The summed E-state index contributed by atoms with van der Waals surface area (Å²) < 4.78 is 28.7. The number of amides is 2. The average Bonchev–Trinajstić information content (AvgIpc) is 2.96. The zero-order chi connectivity index (χ0) is 21.5. The van der Waals surface area contributed by atoms with Gasteiger partial charge in [0.05, 0.1) is 29.0 Å². The van der Waals surface area contributed by atoms with Crippen LogP contribution in [0.4, 0.5) is 5.69 Å². The third-order valence-corrected chi connectivity index (χ3v) is 7.71. The summed E-state index contributed by atoms with van der Waals surface area (Å²) in [6.45, 7) is 3.68. The van der Waals surface area contributed by atoms with Gasteiger partial charge in [-0.3, -0.25) is 19.2 Å². The van der Waals surface area contributed by atoms with Gasteiger partial charge in [-0.05, 0) is 55.5 Å². The van der Waals surface area contributed by atoms with E-state index in [9.17, 15) is 18.0 Å². The standard InChI is InChI=1S/C23H26N2O4S/c1-15-7-3-6-10-20(15)24-30(28,29)21-13-17(12-11-16(21)2)14-25-22(26)18-8-4-5-9-19(18)23(25)27/h3,6-7,10-13,18-19,24H,4-5,8-9,14H2,1-2H3/t18-,19+. The summed E-state index contributed by atoms with van der Waals surface area (Å²) >= 11 is 0. The van der Waals surface area contributed by atoms with Crippen LogP contribution in [0.3, 0.4) is 0 Å². The second kappa shape index (κ2) is 7.87. The molecule has 1 saturated carbocycles. The van der Waals surface area contributed by atoms with Crippen molar-refractivity contribution in [1.82, 2.24) is 4.90 Å². The van der Waals surface area contributed by atoms with Crippen molar-refractivity contribution in [2.75, 3.05) is 4.72 Å². The van der Waals surface area contributed by atoms with E-state index in [1.807, 2.05) is 19.1 Å². The van der Waals surface area contributed by atoms with Crippen molar-refractivity contribution in [2.24, 2.45) is 11.8 Å². The number of para-hydroxylation sites is 1. The second-order valence-electron chi connectivity index (χ2n) is 8.28. The Hall–Kier alpha value is -2.67. The summed E-state index contributed by atoms with van der Waals surface area (Å²) in [6.07, 6.45) is 3.48. The molecular formula is C23H26N2O4S. The summed E-state index contributed by atoms with van der Waals surface area (Å²) in [5.41, 5.74) is 2.58. The van der Waals surface area contributed by atoms with E-state index in [1.165, 1.54) is 4.90 Å². The van der Waals surface area contributed by atoms with Gasteiger partial charge in [0.1, 0.15) is 0 Å². The fraction of sp³-hybridized carbons (Fsp3) is 0.391. The minimum Gasteiger partial charge on any atom is -0.279 e. The predicted octanol–water partition coefficient (Wildman–Crippen LogP) is 3.78. The fourth-order valence-corrected chi connectivity index (χ4v) is 5.92. The molecule has 4 rings (SSSR count). The third-order valence-electron chi connectivity index (χ3n) is 6.20. The van der Waals surface area contributed by atoms with Gasteiger partial charge in [-0.1, -0.05) is 43.2 Å². The average molecular weight is 427 g/mol. The molecule has 0 unspecified atom stereocenters. The van der Waals surface area contributed by atoms with Gasteiger partial charge in [-0.15, -0.1) is 0 Å². The number of carbonyl (C=O) groups is 2. The van der Waals surface area contributed by atoms with Crippen molar-refractivity contribution in [1.29, 1.82) is 0 Å². The molecule has 2 fully saturated rings. The van der Waals surface area contributed by atoms with Crippen LogP contribution in [0.25, 0.3) is 0 Å². The Bertz CT molecular complexity index is 1090. The number of sulfonamides is 1. The maximum atomic E-state index is 13.0. The number of nitrogens with one attached hydrogen (secondary N) is 1. The monoisotopic (exact) mass is 426 g/mol. The Morgan fingerprint density at radius 3 is 2.20 bits per heavy atom. The molecule has 2 aromatic rings. The van der Waals surface area contributed by atoms with E-state index >= 15 is 0 Å². The highest BCUT2D eigenvalue weighted by Gasteiger charge is 2.47. The molecule has 1 N–H and O–H groups in total. The predicted molar refractivity (Wildman–Crippen MR) is 114 cm³/mol. The lowest BCUT2D eigenvalue weighted by molar-refractivity contribution is -0.140. The van der Waals surface area contributed by atoms with Crippen LogP contribution >= 0.6 is 0 Å². The van der Waals surface area contributed by atoms with Crippen molar-refractivity contribution in [3.63, 3.8) is 0 Å². The minimum atomic E-state index is -3.81. The second-order valence-corrected chi connectivity index (χ2v) is 9.93. The molecule has 2 aliphatic rings. The maximum absolute atomic E-state index is 13.0. The molecule has 2 atom stereocenters. The molecule has 1 aliphatic heterocycles. The number of fused-ring (bicyclic) bond motifs is 1. The normalized spacial score (nSPS) is 21.6. The van der Waals surface area contributed by atoms with Crippen LogP contribution in [0.5, 0.6) is 0 Å². The first-order valence-electron chi connectivity index (χ1n) is 10.3. The Labute approximate surface area is 177 Å². The molecule has 6 nitrogen and oxygen atoms in total. The van der Waals surface area contributed by atoms with Gasteiger partial charge in [0, 0.05) is 0 Å². The van der Waals surface area contributed by atoms with Crippen LogP contribution in [-0.2, 0) is 26.2 Å². The highest BCUT2D eigenvalue weighted by Crippen LogP contribution is 2.38. The lowest BCUT2D eigenvalue weighted by atomic mass is 9.81. The highest BCUT2D eigenvalue weighted by molar-refractivity contribution is 7.92. The van der Waals surface area contributed by atoms with Crippen LogP contribution in [-0.4, -0.2) is 25.1 Å². The van der Waals surface area contributed by atoms with E-state index in [4.69, 9.17) is 0 Å². The maximum Gasteiger partial charge on any atom is 0.262 e. The first-order chi connectivity index (χ1) is 14.3. The highest BCUT2D eigenvalue weighted by atomic mass is 32.2. The van der Waals surface area contributed by atoms with E-state index in [-0.39, 0.29) is 35.1 Å². The zero-order valence-electron chi connectivity index (χ0n) is 17.2. The van der Waals surface area contributed by atoms with Gasteiger partial charge in [0.2, 0.25) is 11.8 Å². The van der Waals surface area contributed by atoms with E-state index in [1.54, 1.807) is 37.3 Å². The van der Waals surface area contributed by atoms with Crippen LogP contribution in [0.1, 0.15) is 42.4 Å². The number of nitrogens with zero attached hydrogens (tertiary/aromatic N) is 1. The molecule has 1 saturated heterocycles. The molecule has 158 valence electrons. The summed E-state index contributed by atoms with van der Waals surface area (Å²) in [5, 5.41) is 0. The Balaban J connectivity index is 1.60. The summed E-state index contributed by atoms with van der Waals surface area (Å²) in [6, 6.07) is 12.3. The van der Waals surface area contributed by atoms with E-state index in [2.05, 4.69) is 4.72 Å². The van der Waals surface area contributed by atoms with Crippen molar-refractivity contribution in [2.45, 2.75) is 51.0 Å². The number of hydrogen-bond acceptors (Lipinski definition) is 4. The van der Waals surface area contributed by atoms with Crippen LogP contribution < -0.4 is 4.72 Å². The summed E-state index contributed by atoms with van der Waals surface area (Å²) in [5.74, 6) is -0.648. The van der Waals surface area contributed by atoms with Crippen molar-refractivity contribution in [3.05, 3.63) is 59.2 Å². The molecule has 1 aliphatic carbocycles. The van der Waals surface area contributed by atoms with Crippen molar-refractivity contribution in [3.8, 4) is 0 Å². The topological polar surface area (TPSA) is 83.6 Å².